The maximum absolute atomic E-state index is 5.39. The summed E-state index contributed by atoms with van der Waals surface area (Å²) in [5, 5.41) is 7.13. The van der Waals surface area contributed by atoms with Gasteiger partial charge in [-0.25, -0.2) is 9.77 Å². The Morgan fingerprint density at radius 2 is 1.69 bits per heavy atom. The Balaban J connectivity index is 1.89. The van der Waals surface area contributed by atoms with Crippen molar-refractivity contribution in [2.75, 3.05) is 26.8 Å². The third-order valence-electron chi connectivity index (χ3n) is 3.87. The lowest BCUT2D eigenvalue weighted by Gasteiger charge is -2.15. The molecule has 7 nitrogen and oxygen atoms in total. The number of aromatic amines is 1. The van der Waals surface area contributed by atoms with Gasteiger partial charge in [0.05, 0.1) is 27.9 Å². The van der Waals surface area contributed by atoms with E-state index in [0.717, 1.165) is 11.1 Å². The van der Waals surface area contributed by atoms with Gasteiger partial charge in [-0.15, -0.1) is 0 Å². The lowest BCUT2D eigenvalue weighted by atomic mass is 10.2. The fraction of sp³-hybridized carbons (Fsp3) is 0.222. The fourth-order valence-electron chi connectivity index (χ4n) is 2.63. The molecule has 0 amide bonds. The van der Waals surface area contributed by atoms with E-state index >= 15 is 0 Å². The first-order chi connectivity index (χ1) is 12.7. The molecule has 3 rings (SSSR count). The Kier molecular flexibility index (Phi) is 5.43. The van der Waals surface area contributed by atoms with Gasteiger partial charge < -0.3 is 19.6 Å². The standard InChI is InChI=1S/C18H20N4O3S/c1-23-14-9-12(10-15(24-2)16(14)25-3)11-19-22-17(20-21-18(22)26)13-7-5-4-6-8-13/h4-10,19H,11H2,1-3H3,(H,21,26). The van der Waals surface area contributed by atoms with Crippen LogP contribution in [0.15, 0.2) is 42.5 Å². The number of ether oxygens (including phenoxy) is 3. The molecule has 0 saturated heterocycles. The topological polar surface area (TPSA) is 73.3 Å². The van der Waals surface area contributed by atoms with Gasteiger partial charge >= 0.3 is 0 Å². The minimum atomic E-state index is 0.483. The molecule has 0 spiro atoms. The number of nitrogens with one attached hydrogen (secondary N) is 2. The van der Waals surface area contributed by atoms with E-state index in [9.17, 15) is 0 Å². The highest BCUT2D eigenvalue weighted by Crippen LogP contribution is 2.38. The van der Waals surface area contributed by atoms with Gasteiger partial charge in [0.1, 0.15) is 0 Å². The van der Waals surface area contributed by atoms with Crippen LogP contribution in [0.5, 0.6) is 17.2 Å². The van der Waals surface area contributed by atoms with E-state index in [1.807, 2.05) is 42.5 Å². The van der Waals surface area contributed by atoms with Crippen LogP contribution < -0.4 is 19.6 Å². The van der Waals surface area contributed by atoms with Gasteiger partial charge in [-0.1, -0.05) is 30.3 Å². The first kappa shape index (κ1) is 17.8. The van der Waals surface area contributed by atoms with Gasteiger partial charge in [0.25, 0.3) is 0 Å². The van der Waals surface area contributed by atoms with Crippen LogP contribution in [0, 0.1) is 4.77 Å². The second-order valence-corrected chi connectivity index (χ2v) is 5.81. The molecule has 0 aliphatic heterocycles. The zero-order valence-electron chi connectivity index (χ0n) is 14.8. The highest BCUT2D eigenvalue weighted by Gasteiger charge is 2.14. The van der Waals surface area contributed by atoms with Crippen molar-refractivity contribution in [2.45, 2.75) is 6.54 Å². The van der Waals surface area contributed by atoms with E-state index in [0.29, 0.717) is 34.4 Å². The van der Waals surface area contributed by atoms with Crippen LogP contribution in [0.2, 0.25) is 0 Å². The van der Waals surface area contributed by atoms with E-state index in [2.05, 4.69) is 15.6 Å². The molecule has 0 bridgehead atoms. The summed E-state index contributed by atoms with van der Waals surface area (Å²) in [5.41, 5.74) is 5.18. The Bertz CT molecular complexity index is 912. The van der Waals surface area contributed by atoms with Crippen molar-refractivity contribution in [1.29, 1.82) is 0 Å². The smallest absolute Gasteiger partial charge is 0.214 e. The molecule has 8 heteroatoms. The molecule has 0 aliphatic carbocycles. The number of hydrogen-bond acceptors (Lipinski definition) is 6. The Morgan fingerprint density at radius 3 is 2.27 bits per heavy atom. The largest absolute Gasteiger partial charge is 0.493 e. The maximum Gasteiger partial charge on any atom is 0.214 e. The zero-order chi connectivity index (χ0) is 18.5. The van der Waals surface area contributed by atoms with Crippen molar-refractivity contribution < 1.29 is 14.2 Å². The number of nitrogens with zero attached hydrogens (tertiary/aromatic N) is 2. The van der Waals surface area contributed by atoms with Gasteiger partial charge in [0.2, 0.25) is 10.5 Å². The van der Waals surface area contributed by atoms with E-state index in [1.54, 1.807) is 26.0 Å². The third kappa shape index (κ3) is 3.50. The van der Waals surface area contributed by atoms with E-state index in [4.69, 9.17) is 26.4 Å². The number of benzene rings is 2. The summed E-state index contributed by atoms with van der Waals surface area (Å²) in [5.74, 6) is 2.47. The Hall–Kier alpha value is -3.00. The van der Waals surface area contributed by atoms with Crippen LogP contribution in [-0.4, -0.2) is 36.2 Å². The molecular formula is C18H20N4O3S. The van der Waals surface area contributed by atoms with Crippen LogP contribution in [-0.2, 0) is 6.54 Å². The maximum atomic E-state index is 5.39. The van der Waals surface area contributed by atoms with Gasteiger partial charge in [-0.05, 0) is 29.9 Å². The van der Waals surface area contributed by atoms with Crippen molar-refractivity contribution in [1.82, 2.24) is 14.9 Å². The normalized spacial score (nSPS) is 10.4. The number of aromatic nitrogens is 3. The lowest BCUT2D eigenvalue weighted by Crippen LogP contribution is -2.16. The van der Waals surface area contributed by atoms with E-state index in [-0.39, 0.29) is 0 Å². The van der Waals surface area contributed by atoms with Crippen LogP contribution in [0.3, 0.4) is 0 Å². The quantitative estimate of drug-likeness (QED) is 0.620. The van der Waals surface area contributed by atoms with Crippen LogP contribution in [0.4, 0.5) is 0 Å². The summed E-state index contributed by atoms with van der Waals surface area (Å²) in [6.45, 7) is 0.490. The molecule has 0 unspecified atom stereocenters. The van der Waals surface area contributed by atoms with E-state index in [1.165, 1.54) is 0 Å². The molecule has 2 aromatic carbocycles. The fourth-order valence-corrected chi connectivity index (χ4v) is 2.83. The first-order valence-corrected chi connectivity index (χ1v) is 8.34. The molecule has 0 radical (unpaired) electrons. The summed E-state index contributed by atoms with van der Waals surface area (Å²) in [6.07, 6.45) is 0. The van der Waals surface area contributed by atoms with Crippen LogP contribution >= 0.6 is 12.2 Å². The third-order valence-corrected chi connectivity index (χ3v) is 4.14. The predicted molar refractivity (Wildman–Crippen MR) is 102 cm³/mol. The molecule has 0 atom stereocenters. The molecule has 2 N–H and O–H groups in total. The second kappa shape index (κ2) is 7.92. The van der Waals surface area contributed by atoms with Crippen molar-refractivity contribution in [3.63, 3.8) is 0 Å². The molecule has 3 aromatic rings. The number of H-pyrrole nitrogens is 1. The number of methoxy groups -OCH3 is 3. The van der Waals surface area contributed by atoms with Crippen LogP contribution in [0.25, 0.3) is 11.4 Å². The zero-order valence-corrected chi connectivity index (χ0v) is 15.6. The molecule has 26 heavy (non-hydrogen) atoms. The van der Waals surface area contributed by atoms with Crippen LogP contribution in [0.1, 0.15) is 5.56 Å². The minimum Gasteiger partial charge on any atom is -0.493 e. The highest BCUT2D eigenvalue weighted by molar-refractivity contribution is 7.71. The molecule has 1 heterocycles. The first-order valence-electron chi connectivity index (χ1n) is 7.93. The second-order valence-electron chi connectivity index (χ2n) is 5.42. The molecule has 0 aliphatic rings. The molecule has 1 aromatic heterocycles. The summed E-state index contributed by atoms with van der Waals surface area (Å²) in [4.78, 5) is 0. The number of rotatable bonds is 7. The monoisotopic (exact) mass is 372 g/mol. The summed E-state index contributed by atoms with van der Waals surface area (Å²) in [6, 6.07) is 13.6. The minimum absolute atomic E-state index is 0.483. The molecule has 136 valence electrons. The summed E-state index contributed by atoms with van der Waals surface area (Å²) >= 11 is 5.34. The highest BCUT2D eigenvalue weighted by atomic mass is 32.1. The van der Waals surface area contributed by atoms with E-state index < -0.39 is 0 Å². The lowest BCUT2D eigenvalue weighted by molar-refractivity contribution is 0.324. The molecule has 0 saturated carbocycles. The Labute approximate surface area is 156 Å². The predicted octanol–water partition coefficient (Wildman–Crippen LogP) is 3.38. The van der Waals surface area contributed by atoms with Crippen molar-refractivity contribution >= 4 is 12.2 Å². The van der Waals surface area contributed by atoms with Crippen molar-refractivity contribution in [3.05, 3.63) is 52.8 Å². The van der Waals surface area contributed by atoms with Crippen molar-refractivity contribution in [3.8, 4) is 28.6 Å². The van der Waals surface area contributed by atoms with Gasteiger partial charge in [-0.3, -0.25) is 0 Å². The SMILES string of the molecule is COc1cc(CNn2c(-c3ccccc3)n[nH]c2=S)cc(OC)c1OC. The van der Waals surface area contributed by atoms with Gasteiger partial charge in [-0.2, -0.15) is 5.10 Å². The summed E-state index contributed by atoms with van der Waals surface area (Å²) in [7, 11) is 4.76. The van der Waals surface area contributed by atoms with Gasteiger partial charge in [0.15, 0.2) is 17.3 Å². The average Bonchev–Trinajstić information content (AvgIpc) is 3.06. The Morgan fingerprint density at radius 1 is 1.04 bits per heavy atom. The number of hydrogen-bond donors (Lipinski definition) is 2. The van der Waals surface area contributed by atoms with Gasteiger partial charge in [0, 0.05) is 5.56 Å². The average molecular weight is 372 g/mol. The van der Waals surface area contributed by atoms with Crippen molar-refractivity contribution in [2.24, 2.45) is 0 Å². The molecular weight excluding hydrogens is 352 g/mol. The molecule has 0 fully saturated rings. The summed E-state index contributed by atoms with van der Waals surface area (Å²) < 4.78 is 18.4.